The lowest BCUT2D eigenvalue weighted by Crippen LogP contribution is -2.16. The summed E-state index contributed by atoms with van der Waals surface area (Å²) < 4.78 is 1.66. The van der Waals surface area contributed by atoms with Crippen molar-refractivity contribution in [3.63, 3.8) is 0 Å². The number of rotatable bonds is 6. The molecule has 0 aliphatic rings. The number of H-pyrrole nitrogens is 1. The predicted octanol–water partition coefficient (Wildman–Crippen LogP) is 3.08. The number of thioether (sulfide) groups is 1. The summed E-state index contributed by atoms with van der Waals surface area (Å²) in [4.78, 5) is 20.0. The number of carbonyl (C=O) groups excluding carboxylic acids is 1. The molecule has 130 valence electrons. The lowest BCUT2D eigenvalue weighted by molar-refractivity contribution is -0.113. The Morgan fingerprint density at radius 1 is 1.28 bits per heavy atom. The highest BCUT2D eigenvalue weighted by molar-refractivity contribution is 7.99. The molecule has 0 bridgehead atoms. The third-order valence-corrected chi connectivity index (χ3v) is 4.66. The van der Waals surface area contributed by atoms with E-state index in [1.54, 1.807) is 4.68 Å². The highest BCUT2D eigenvalue weighted by Gasteiger charge is 2.11. The molecule has 0 saturated heterocycles. The van der Waals surface area contributed by atoms with Crippen molar-refractivity contribution in [2.24, 2.45) is 7.05 Å². The molecule has 0 fully saturated rings. The van der Waals surface area contributed by atoms with E-state index < -0.39 is 0 Å². The van der Waals surface area contributed by atoms with Gasteiger partial charge in [-0.3, -0.25) is 9.48 Å². The largest absolute Gasteiger partial charge is 0.337 e. The summed E-state index contributed by atoms with van der Waals surface area (Å²) >= 11 is 1.40. The molecule has 0 spiro atoms. The van der Waals surface area contributed by atoms with E-state index in [9.17, 15) is 4.79 Å². The Labute approximate surface area is 151 Å². The van der Waals surface area contributed by atoms with E-state index in [0.717, 1.165) is 28.7 Å². The summed E-state index contributed by atoms with van der Waals surface area (Å²) in [5, 5.41) is 7.84. The zero-order valence-corrected chi connectivity index (χ0v) is 15.4. The summed E-state index contributed by atoms with van der Waals surface area (Å²) in [6.45, 7) is 3.90. The van der Waals surface area contributed by atoms with Gasteiger partial charge >= 0.3 is 0 Å². The lowest BCUT2D eigenvalue weighted by atomic mass is 10.1. The van der Waals surface area contributed by atoms with Gasteiger partial charge < -0.3 is 10.3 Å². The van der Waals surface area contributed by atoms with Crippen LogP contribution in [-0.4, -0.2) is 31.4 Å². The van der Waals surface area contributed by atoms with Crippen LogP contribution in [0, 0.1) is 13.8 Å². The van der Waals surface area contributed by atoms with Gasteiger partial charge in [0.05, 0.1) is 17.1 Å². The average Bonchev–Trinajstić information content (AvgIpc) is 3.08. The minimum absolute atomic E-state index is 0.0772. The monoisotopic (exact) mass is 355 g/mol. The van der Waals surface area contributed by atoms with Crippen LogP contribution in [0.2, 0.25) is 0 Å². The van der Waals surface area contributed by atoms with Gasteiger partial charge in [-0.15, -0.1) is 0 Å². The van der Waals surface area contributed by atoms with Crippen LogP contribution in [0.5, 0.6) is 0 Å². The number of aryl methyl sites for hydroxylation is 3. The Kier molecular flexibility index (Phi) is 5.23. The standard InChI is InChI=1S/C18H21N5OS/c1-12-9-16(23(3)22-12)21-17(24)11-25-18-19-13(2)15(20-18)10-14-7-5-4-6-8-14/h4-9H,10-11H2,1-3H3,(H,19,20)(H,21,24). The first-order chi connectivity index (χ1) is 12.0. The molecule has 0 radical (unpaired) electrons. The van der Waals surface area contributed by atoms with E-state index in [0.29, 0.717) is 11.6 Å². The van der Waals surface area contributed by atoms with E-state index in [4.69, 9.17) is 0 Å². The van der Waals surface area contributed by atoms with Crippen LogP contribution in [0.15, 0.2) is 41.6 Å². The van der Waals surface area contributed by atoms with Crippen molar-refractivity contribution in [1.29, 1.82) is 0 Å². The number of nitrogens with one attached hydrogen (secondary N) is 2. The van der Waals surface area contributed by atoms with Gasteiger partial charge in [0.15, 0.2) is 5.16 Å². The molecular formula is C18H21N5OS. The SMILES string of the molecule is Cc1cc(NC(=O)CSc2nc(Cc3ccccc3)c(C)[nH]2)n(C)n1. The van der Waals surface area contributed by atoms with Gasteiger partial charge in [0.25, 0.3) is 0 Å². The molecule has 2 heterocycles. The van der Waals surface area contributed by atoms with E-state index in [1.807, 2.05) is 45.2 Å². The number of amides is 1. The zero-order valence-electron chi connectivity index (χ0n) is 14.5. The highest BCUT2D eigenvalue weighted by atomic mass is 32.2. The fourth-order valence-corrected chi connectivity index (χ4v) is 3.28. The highest BCUT2D eigenvalue weighted by Crippen LogP contribution is 2.19. The Morgan fingerprint density at radius 2 is 2.04 bits per heavy atom. The van der Waals surface area contributed by atoms with E-state index >= 15 is 0 Å². The van der Waals surface area contributed by atoms with Crippen LogP contribution in [0.4, 0.5) is 5.82 Å². The first-order valence-corrected chi connectivity index (χ1v) is 9.02. The smallest absolute Gasteiger partial charge is 0.235 e. The van der Waals surface area contributed by atoms with Gasteiger partial charge in [-0.2, -0.15) is 5.10 Å². The van der Waals surface area contributed by atoms with Crippen molar-refractivity contribution in [3.05, 3.63) is 59.0 Å². The van der Waals surface area contributed by atoms with E-state index in [2.05, 4.69) is 32.5 Å². The Bertz CT molecular complexity index is 869. The van der Waals surface area contributed by atoms with Gasteiger partial charge in [0.2, 0.25) is 5.91 Å². The summed E-state index contributed by atoms with van der Waals surface area (Å²) in [5.41, 5.74) is 4.14. The van der Waals surface area contributed by atoms with Crippen molar-refractivity contribution < 1.29 is 4.79 Å². The third-order valence-electron chi connectivity index (χ3n) is 3.79. The number of hydrogen-bond donors (Lipinski definition) is 2. The lowest BCUT2D eigenvalue weighted by Gasteiger charge is -2.03. The van der Waals surface area contributed by atoms with Crippen molar-refractivity contribution in [3.8, 4) is 0 Å². The van der Waals surface area contributed by atoms with Gasteiger partial charge in [-0.05, 0) is 19.4 Å². The molecule has 1 aromatic carbocycles. The maximum atomic E-state index is 12.1. The van der Waals surface area contributed by atoms with Crippen LogP contribution in [-0.2, 0) is 18.3 Å². The first-order valence-electron chi connectivity index (χ1n) is 8.04. The number of hydrogen-bond acceptors (Lipinski definition) is 4. The molecule has 25 heavy (non-hydrogen) atoms. The summed E-state index contributed by atoms with van der Waals surface area (Å²) in [6.07, 6.45) is 0.782. The van der Waals surface area contributed by atoms with E-state index in [1.165, 1.54) is 17.3 Å². The van der Waals surface area contributed by atoms with Crippen molar-refractivity contribution in [2.45, 2.75) is 25.4 Å². The quantitative estimate of drug-likeness (QED) is 0.666. The molecule has 2 N–H and O–H groups in total. The Hall–Kier alpha value is -2.54. The average molecular weight is 355 g/mol. The molecule has 1 amide bonds. The van der Waals surface area contributed by atoms with Crippen molar-refractivity contribution in [2.75, 3.05) is 11.1 Å². The summed E-state index contributed by atoms with van der Waals surface area (Å²) in [7, 11) is 1.81. The molecule has 3 rings (SSSR count). The Balaban J connectivity index is 1.57. The van der Waals surface area contributed by atoms with Gasteiger partial charge in [0, 0.05) is 25.2 Å². The number of aromatic amines is 1. The van der Waals surface area contributed by atoms with Crippen LogP contribution >= 0.6 is 11.8 Å². The molecule has 3 aromatic rings. The van der Waals surface area contributed by atoms with E-state index in [-0.39, 0.29) is 5.91 Å². The van der Waals surface area contributed by atoms with Crippen LogP contribution in [0.1, 0.15) is 22.6 Å². The molecule has 0 aliphatic carbocycles. The van der Waals surface area contributed by atoms with Crippen LogP contribution in [0.3, 0.4) is 0 Å². The molecule has 0 unspecified atom stereocenters. The van der Waals surface area contributed by atoms with Gasteiger partial charge in [-0.25, -0.2) is 4.98 Å². The second-order valence-corrected chi connectivity index (χ2v) is 6.87. The second kappa shape index (κ2) is 7.57. The number of carbonyl (C=O) groups is 1. The third kappa shape index (κ3) is 4.51. The topological polar surface area (TPSA) is 75.6 Å². The van der Waals surface area contributed by atoms with Crippen LogP contribution < -0.4 is 5.32 Å². The van der Waals surface area contributed by atoms with Gasteiger partial charge in [-0.1, -0.05) is 42.1 Å². The minimum Gasteiger partial charge on any atom is -0.337 e. The van der Waals surface area contributed by atoms with Crippen molar-refractivity contribution >= 4 is 23.5 Å². The molecule has 6 nitrogen and oxygen atoms in total. The number of aromatic nitrogens is 4. The first kappa shape index (κ1) is 17.3. The molecular weight excluding hydrogens is 334 g/mol. The Morgan fingerprint density at radius 3 is 2.72 bits per heavy atom. The number of nitrogens with zero attached hydrogens (tertiary/aromatic N) is 3. The number of benzene rings is 1. The van der Waals surface area contributed by atoms with Crippen molar-refractivity contribution in [1.82, 2.24) is 19.7 Å². The zero-order chi connectivity index (χ0) is 17.8. The fraction of sp³-hybridized carbons (Fsp3) is 0.278. The summed E-state index contributed by atoms with van der Waals surface area (Å²) in [6, 6.07) is 12.1. The maximum Gasteiger partial charge on any atom is 0.235 e. The number of imidazole rings is 1. The maximum absolute atomic E-state index is 12.1. The predicted molar refractivity (Wildman–Crippen MR) is 99.9 cm³/mol. The molecule has 2 aromatic heterocycles. The van der Waals surface area contributed by atoms with Gasteiger partial charge in [0.1, 0.15) is 5.82 Å². The number of anilines is 1. The second-order valence-electron chi connectivity index (χ2n) is 5.91. The molecule has 0 saturated carbocycles. The normalized spacial score (nSPS) is 10.8. The fourth-order valence-electron chi connectivity index (χ4n) is 2.54. The summed E-state index contributed by atoms with van der Waals surface area (Å²) in [5.74, 6) is 0.914. The molecule has 7 heteroatoms. The molecule has 0 atom stereocenters. The molecule has 0 aliphatic heterocycles. The minimum atomic E-state index is -0.0772. The van der Waals surface area contributed by atoms with Crippen LogP contribution in [0.25, 0.3) is 0 Å².